The van der Waals surface area contributed by atoms with Gasteiger partial charge in [-0.3, -0.25) is 28.6 Å². The molecule has 0 aromatic heterocycles. The molecule has 0 spiro atoms. The van der Waals surface area contributed by atoms with Gasteiger partial charge in [0.2, 0.25) is 0 Å². The zero-order valence-corrected chi connectivity index (χ0v) is 12.9. The molecule has 1 atom stereocenters. The maximum Gasteiger partial charge on any atom is 0.333 e. The lowest BCUT2D eigenvalue weighted by Gasteiger charge is -2.15. The Labute approximate surface area is 135 Å². The number of amides is 4. The molecular weight excluding hydrogens is 348 g/mol. The number of rotatable bonds is 6. The van der Waals surface area contributed by atoms with Crippen molar-refractivity contribution >= 4 is 39.7 Å². The third-order valence-electron chi connectivity index (χ3n) is 3.28. The lowest BCUT2D eigenvalue weighted by molar-refractivity contribution is -0.197. The number of carbonyl (C=O) groups excluding carboxylic acids is 5. The summed E-state index contributed by atoms with van der Waals surface area (Å²) in [7, 11) is -4.79. The van der Waals surface area contributed by atoms with Gasteiger partial charge in [-0.15, -0.1) is 5.06 Å². The molecule has 1 fully saturated rings. The molecule has 24 heavy (non-hydrogen) atoms. The SMILES string of the molecule is O=C(CCCN1C(=O)C=CC1=O)ON1C(=O)CC(S(=O)(=O)O)C1=O. The summed E-state index contributed by atoms with van der Waals surface area (Å²) in [6, 6.07) is 0. The van der Waals surface area contributed by atoms with E-state index in [9.17, 15) is 32.4 Å². The molecule has 0 aromatic carbocycles. The van der Waals surface area contributed by atoms with Crippen molar-refractivity contribution in [1.29, 1.82) is 0 Å². The number of hydrogen-bond acceptors (Lipinski definition) is 8. The highest BCUT2D eigenvalue weighted by Crippen LogP contribution is 2.20. The van der Waals surface area contributed by atoms with Gasteiger partial charge in [0, 0.05) is 25.1 Å². The summed E-state index contributed by atoms with van der Waals surface area (Å²) in [5.41, 5.74) is 0. The van der Waals surface area contributed by atoms with E-state index in [-0.39, 0.29) is 24.4 Å². The monoisotopic (exact) mass is 360 g/mol. The van der Waals surface area contributed by atoms with Crippen LogP contribution >= 0.6 is 0 Å². The zero-order chi connectivity index (χ0) is 18.1. The molecule has 11 nitrogen and oxygen atoms in total. The average molecular weight is 360 g/mol. The van der Waals surface area contributed by atoms with Gasteiger partial charge in [0.15, 0.2) is 5.25 Å². The van der Waals surface area contributed by atoms with Gasteiger partial charge in [-0.25, -0.2) is 4.79 Å². The van der Waals surface area contributed by atoms with Crippen LogP contribution in [0.5, 0.6) is 0 Å². The summed E-state index contributed by atoms with van der Waals surface area (Å²) in [6.07, 6.45) is 1.03. The minimum absolute atomic E-state index is 0.00547. The molecule has 0 aromatic rings. The van der Waals surface area contributed by atoms with E-state index in [1.807, 2.05) is 0 Å². The standard InChI is InChI=1S/C12H12N2O9S/c15-8-3-4-9(16)13(8)5-1-2-11(18)23-14-10(17)6-7(12(14)19)24(20,21)22/h3-4,7H,1-2,5-6H2,(H,20,21,22). The van der Waals surface area contributed by atoms with Gasteiger partial charge in [0.1, 0.15) is 0 Å². The van der Waals surface area contributed by atoms with Crippen molar-refractivity contribution in [2.75, 3.05) is 6.54 Å². The summed E-state index contributed by atoms with van der Waals surface area (Å²) in [5.74, 6) is -4.50. The van der Waals surface area contributed by atoms with Gasteiger partial charge in [0.05, 0.1) is 6.42 Å². The zero-order valence-electron chi connectivity index (χ0n) is 12.1. The second kappa shape index (κ2) is 6.49. The predicted octanol–water partition coefficient (Wildman–Crippen LogP) is -1.83. The van der Waals surface area contributed by atoms with Crippen LogP contribution in [0.4, 0.5) is 0 Å². The Morgan fingerprint density at radius 3 is 2.29 bits per heavy atom. The van der Waals surface area contributed by atoms with Gasteiger partial charge in [0.25, 0.3) is 33.7 Å². The molecule has 0 saturated carbocycles. The Hall–Kier alpha value is -2.60. The largest absolute Gasteiger partial charge is 0.333 e. The third-order valence-corrected chi connectivity index (χ3v) is 4.37. The lowest BCUT2D eigenvalue weighted by atomic mass is 10.3. The van der Waals surface area contributed by atoms with Crippen LogP contribution in [-0.4, -0.2) is 64.3 Å². The molecular formula is C12H12N2O9S. The molecule has 0 bridgehead atoms. The Morgan fingerprint density at radius 1 is 1.21 bits per heavy atom. The van der Waals surface area contributed by atoms with Gasteiger partial charge in [-0.2, -0.15) is 8.42 Å². The molecule has 0 aliphatic carbocycles. The molecule has 12 heteroatoms. The summed E-state index contributed by atoms with van der Waals surface area (Å²) < 4.78 is 30.7. The van der Waals surface area contributed by atoms with E-state index in [0.717, 1.165) is 17.1 Å². The van der Waals surface area contributed by atoms with E-state index >= 15 is 0 Å². The van der Waals surface area contributed by atoms with E-state index in [1.165, 1.54) is 0 Å². The smallest absolute Gasteiger partial charge is 0.330 e. The Kier molecular flexibility index (Phi) is 4.80. The molecule has 2 heterocycles. The van der Waals surface area contributed by atoms with Crippen LogP contribution in [0.25, 0.3) is 0 Å². The van der Waals surface area contributed by atoms with Crippen LogP contribution < -0.4 is 0 Å². The number of nitrogens with zero attached hydrogens (tertiary/aromatic N) is 2. The van der Waals surface area contributed by atoms with Crippen molar-refractivity contribution in [2.24, 2.45) is 0 Å². The lowest BCUT2D eigenvalue weighted by Crippen LogP contribution is -2.37. The number of carbonyl (C=O) groups is 5. The minimum atomic E-state index is -4.79. The highest BCUT2D eigenvalue weighted by Gasteiger charge is 2.48. The van der Waals surface area contributed by atoms with E-state index in [4.69, 9.17) is 4.55 Å². The van der Waals surface area contributed by atoms with Gasteiger partial charge in [-0.05, 0) is 6.42 Å². The summed E-state index contributed by atoms with van der Waals surface area (Å²) >= 11 is 0. The average Bonchev–Trinajstić information content (AvgIpc) is 2.94. The van der Waals surface area contributed by atoms with Crippen molar-refractivity contribution < 1.29 is 41.8 Å². The van der Waals surface area contributed by atoms with Crippen molar-refractivity contribution in [3.8, 4) is 0 Å². The molecule has 1 unspecified atom stereocenters. The van der Waals surface area contributed by atoms with Crippen LogP contribution in [0.15, 0.2) is 12.2 Å². The normalized spacial score (nSPS) is 21.1. The maximum absolute atomic E-state index is 11.6. The quantitative estimate of drug-likeness (QED) is 0.425. The van der Waals surface area contributed by atoms with Crippen molar-refractivity contribution in [2.45, 2.75) is 24.5 Å². The topological polar surface area (TPSA) is 155 Å². The van der Waals surface area contributed by atoms with E-state index < -0.39 is 51.4 Å². The third kappa shape index (κ3) is 3.65. The first-order chi connectivity index (χ1) is 11.1. The molecule has 0 radical (unpaired) electrons. The second-order valence-electron chi connectivity index (χ2n) is 4.96. The molecule has 4 amide bonds. The first kappa shape index (κ1) is 17.7. The van der Waals surface area contributed by atoms with Crippen LogP contribution in [0.3, 0.4) is 0 Å². The van der Waals surface area contributed by atoms with E-state index in [0.29, 0.717) is 0 Å². The van der Waals surface area contributed by atoms with Gasteiger partial charge < -0.3 is 4.84 Å². The first-order valence-electron chi connectivity index (χ1n) is 6.68. The van der Waals surface area contributed by atoms with Crippen molar-refractivity contribution in [1.82, 2.24) is 9.96 Å². The van der Waals surface area contributed by atoms with E-state index in [2.05, 4.69) is 4.84 Å². The number of hydrogen-bond donors (Lipinski definition) is 1. The molecule has 130 valence electrons. The van der Waals surface area contributed by atoms with Crippen LogP contribution in [0.1, 0.15) is 19.3 Å². The van der Waals surface area contributed by atoms with Crippen LogP contribution in [0.2, 0.25) is 0 Å². The predicted molar refractivity (Wildman–Crippen MR) is 73.0 cm³/mol. The minimum Gasteiger partial charge on any atom is -0.330 e. The molecule has 2 aliphatic rings. The van der Waals surface area contributed by atoms with Crippen LogP contribution in [0, 0.1) is 0 Å². The fraction of sp³-hybridized carbons (Fsp3) is 0.417. The summed E-state index contributed by atoms with van der Waals surface area (Å²) in [5, 5.41) is -2.00. The van der Waals surface area contributed by atoms with Crippen molar-refractivity contribution in [3.63, 3.8) is 0 Å². The van der Waals surface area contributed by atoms with Crippen LogP contribution in [-0.2, 0) is 38.9 Å². The molecule has 1 saturated heterocycles. The highest BCUT2D eigenvalue weighted by molar-refractivity contribution is 7.87. The van der Waals surface area contributed by atoms with Gasteiger partial charge >= 0.3 is 5.97 Å². The number of hydroxylamine groups is 2. The Bertz CT molecular complexity index is 736. The summed E-state index contributed by atoms with van der Waals surface area (Å²) in [4.78, 5) is 62.7. The first-order valence-corrected chi connectivity index (χ1v) is 8.19. The second-order valence-corrected chi connectivity index (χ2v) is 6.56. The van der Waals surface area contributed by atoms with E-state index in [1.54, 1.807) is 0 Å². The number of imide groups is 2. The molecule has 2 rings (SSSR count). The molecule has 2 aliphatic heterocycles. The highest BCUT2D eigenvalue weighted by atomic mass is 32.2. The van der Waals surface area contributed by atoms with Gasteiger partial charge in [-0.1, -0.05) is 0 Å². The Balaban J connectivity index is 1.84. The molecule has 1 N–H and O–H groups in total. The summed E-state index contributed by atoms with van der Waals surface area (Å²) in [6.45, 7) is -0.0602. The Morgan fingerprint density at radius 2 is 1.79 bits per heavy atom. The fourth-order valence-corrected chi connectivity index (χ4v) is 2.80. The van der Waals surface area contributed by atoms with Crippen molar-refractivity contribution in [3.05, 3.63) is 12.2 Å². The fourth-order valence-electron chi connectivity index (χ4n) is 2.09. The maximum atomic E-state index is 11.6.